The van der Waals surface area contributed by atoms with Crippen LogP contribution in [0.15, 0.2) is 11.4 Å². The van der Waals surface area contributed by atoms with Crippen molar-refractivity contribution in [3.8, 4) is 0 Å². The SMILES string of the molecule is Nc1cc(C(=O)C=O)cs1. The molecule has 0 unspecified atom stereocenters. The average Bonchev–Trinajstić information content (AvgIpc) is 2.34. The van der Waals surface area contributed by atoms with Crippen LogP contribution in [0, 0.1) is 0 Å². The molecule has 0 aliphatic carbocycles. The van der Waals surface area contributed by atoms with Crippen molar-refractivity contribution in [1.82, 2.24) is 0 Å². The smallest absolute Gasteiger partial charge is 0.226 e. The van der Waals surface area contributed by atoms with Gasteiger partial charge in [-0.3, -0.25) is 9.59 Å². The molecule has 1 heterocycles. The first-order chi connectivity index (χ1) is 4.74. The van der Waals surface area contributed by atoms with Crippen LogP contribution in [-0.4, -0.2) is 12.1 Å². The average molecular weight is 155 g/mol. The van der Waals surface area contributed by atoms with Crippen LogP contribution in [0.5, 0.6) is 0 Å². The van der Waals surface area contributed by atoms with Crippen molar-refractivity contribution >= 4 is 28.4 Å². The first-order valence-electron chi connectivity index (χ1n) is 2.57. The van der Waals surface area contributed by atoms with Crippen molar-refractivity contribution in [3.05, 3.63) is 17.0 Å². The molecule has 2 N–H and O–H groups in total. The second-order valence-electron chi connectivity index (χ2n) is 1.72. The summed E-state index contributed by atoms with van der Waals surface area (Å²) in [5.41, 5.74) is 5.69. The number of hydrogen-bond acceptors (Lipinski definition) is 4. The number of carbonyl (C=O) groups is 2. The molecule has 0 aliphatic heterocycles. The highest BCUT2D eigenvalue weighted by Crippen LogP contribution is 2.15. The summed E-state index contributed by atoms with van der Waals surface area (Å²) in [4.78, 5) is 20.5. The van der Waals surface area contributed by atoms with Gasteiger partial charge in [0.1, 0.15) is 0 Å². The van der Waals surface area contributed by atoms with Gasteiger partial charge in [-0.2, -0.15) is 0 Å². The van der Waals surface area contributed by atoms with E-state index in [1.807, 2.05) is 0 Å². The number of nitrogen functional groups attached to an aromatic ring is 1. The largest absolute Gasteiger partial charge is 0.391 e. The molecule has 3 nitrogen and oxygen atoms in total. The summed E-state index contributed by atoms with van der Waals surface area (Å²) < 4.78 is 0. The second kappa shape index (κ2) is 2.62. The highest BCUT2D eigenvalue weighted by molar-refractivity contribution is 7.14. The van der Waals surface area contributed by atoms with Gasteiger partial charge in [0.25, 0.3) is 0 Å². The standard InChI is InChI=1S/C6H5NO2S/c7-6-1-4(3-10-6)5(9)2-8/h1-3H,7H2. The first-order valence-corrected chi connectivity index (χ1v) is 3.45. The third-order valence-electron chi connectivity index (χ3n) is 1.01. The van der Waals surface area contributed by atoms with Gasteiger partial charge >= 0.3 is 0 Å². The van der Waals surface area contributed by atoms with Gasteiger partial charge in [-0.15, -0.1) is 11.3 Å². The van der Waals surface area contributed by atoms with E-state index in [9.17, 15) is 9.59 Å². The molecule has 10 heavy (non-hydrogen) atoms. The molecule has 0 amide bonds. The number of hydrogen-bond donors (Lipinski definition) is 1. The van der Waals surface area contributed by atoms with Crippen LogP contribution >= 0.6 is 11.3 Å². The minimum Gasteiger partial charge on any atom is -0.391 e. The Morgan fingerprint density at radius 3 is 2.80 bits per heavy atom. The van der Waals surface area contributed by atoms with Gasteiger partial charge in [0.15, 0.2) is 6.29 Å². The minimum atomic E-state index is -0.520. The first kappa shape index (κ1) is 6.95. The molecule has 0 spiro atoms. The summed E-state index contributed by atoms with van der Waals surface area (Å²) in [5, 5.41) is 2.11. The zero-order valence-electron chi connectivity index (χ0n) is 5.03. The lowest BCUT2D eigenvalue weighted by Gasteiger charge is -1.80. The van der Waals surface area contributed by atoms with Crippen molar-refractivity contribution in [1.29, 1.82) is 0 Å². The van der Waals surface area contributed by atoms with Crippen LogP contribution in [0.3, 0.4) is 0 Å². The summed E-state index contributed by atoms with van der Waals surface area (Å²) >= 11 is 1.25. The fourth-order valence-electron chi connectivity index (χ4n) is 0.550. The Balaban J connectivity index is 2.95. The predicted octanol–water partition coefficient (Wildman–Crippen LogP) is 0.712. The molecule has 0 aromatic carbocycles. The van der Waals surface area contributed by atoms with Crippen LogP contribution in [-0.2, 0) is 4.79 Å². The van der Waals surface area contributed by atoms with Crippen molar-refractivity contribution in [3.63, 3.8) is 0 Å². The summed E-state index contributed by atoms with van der Waals surface area (Å²) in [7, 11) is 0. The maximum atomic E-state index is 10.6. The molecule has 0 radical (unpaired) electrons. The minimum absolute atomic E-state index is 0.279. The molecule has 1 aromatic heterocycles. The second-order valence-corrected chi connectivity index (χ2v) is 2.66. The van der Waals surface area contributed by atoms with E-state index in [1.165, 1.54) is 17.4 Å². The zero-order chi connectivity index (χ0) is 7.56. The van der Waals surface area contributed by atoms with E-state index in [0.29, 0.717) is 10.6 Å². The van der Waals surface area contributed by atoms with Gasteiger partial charge in [-0.1, -0.05) is 0 Å². The van der Waals surface area contributed by atoms with Crippen LogP contribution in [0.1, 0.15) is 10.4 Å². The van der Waals surface area contributed by atoms with Gasteiger partial charge in [0, 0.05) is 10.9 Å². The van der Waals surface area contributed by atoms with Crippen molar-refractivity contribution in [2.24, 2.45) is 0 Å². The normalized spacial score (nSPS) is 9.20. The molecular weight excluding hydrogens is 150 g/mol. The van der Waals surface area contributed by atoms with Crippen molar-refractivity contribution in [2.75, 3.05) is 5.73 Å². The number of thiophene rings is 1. The molecular formula is C6H5NO2S. The maximum absolute atomic E-state index is 10.6. The lowest BCUT2D eigenvalue weighted by atomic mass is 10.2. The Kier molecular flexibility index (Phi) is 1.82. The van der Waals surface area contributed by atoms with E-state index in [4.69, 9.17) is 5.73 Å². The fourth-order valence-corrected chi connectivity index (χ4v) is 1.19. The van der Waals surface area contributed by atoms with E-state index < -0.39 is 5.78 Å². The van der Waals surface area contributed by atoms with E-state index in [1.54, 1.807) is 5.38 Å². The summed E-state index contributed by atoms with van der Waals surface area (Å²) in [6.07, 6.45) is 0.279. The molecule has 0 fully saturated rings. The third kappa shape index (κ3) is 1.22. The molecule has 0 atom stereocenters. The van der Waals surface area contributed by atoms with E-state index in [2.05, 4.69) is 0 Å². The molecule has 0 saturated carbocycles. The fraction of sp³-hybridized carbons (Fsp3) is 0. The predicted molar refractivity (Wildman–Crippen MR) is 39.1 cm³/mol. The van der Waals surface area contributed by atoms with Crippen molar-refractivity contribution in [2.45, 2.75) is 0 Å². The molecule has 1 aromatic rings. The number of aldehydes is 1. The highest BCUT2D eigenvalue weighted by atomic mass is 32.1. The van der Waals surface area contributed by atoms with Crippen LogP contribution in [0.25, 0.3) is 0 Å². The van der Waals surface area contributed by atoms with Crippen LogP contribution in [0.4, 0.5) is 5.00 Å². The number of carbonyl (C=O) groups excluding carboxylic acids is 2. The van der Waals surface area contributed by atoms with Gasteiger partial charge in [0.05, 0.1) is 5.00 Å². The quantitative estimate of drug-likeness (QED) is 0.388. The molecule has 1 rings (SSSR count). The molecule has 4 heteroatoms. The maximum Gasteiger partial charge on any atom is 0.226 e. The summed E-state index contributed by atoms with van der Waals surface area (Å²) in [5.74, 6) is -0.520. The molecule has 0 aliphatic rings. The van der Waals surface area contributed by atoms with E-state index in [0.717, 1.165) is 0 Å². The highest BCUT2D eigenvalue weighted by Gasteiger charge is 2.04. The Morgan fingerprint density at radius 2 is 2.40 bits per heavy atom. The van der Waals surface area contributed by atoms with Gasteiger partial charge in [0.2, 0.25) is 5.78 Å². The topological polar surface area (TPSA) is 60.2 Å². The lowest BCUT2D eigenvalue weighted by molar-refractivity contribution is -0.104. The van der Waals surface area contributed by atoms with E-state index in [-0.39, 0.29) is 6.29 Å². The Bertz CT molecular complexity index is 266. The van der Waals surface area contributed by atoms with Gasteiger partial charge < -0.3 is 5.73 Å². The zero-order valence-corrected chi connectivity index (χ0v) is 5.85. The third-order valence-corrected chi connectivity index (χ3v) is 1.77. The Labute approximate surface area is 61.5 Å². The van der Waals surface area contributed by atoms with Crippen LogP contribution in [0.2, 0.25) is 0 Å². The lowest BCUT2D eigenvalue weighted by Crippen LogP contribution is -1.96. The monoisotopic (exact) mass is 155 g/mol. The Hall–Kier alpha value is -1.16. The number of anilines is 1. The number of rotatable bonds is 2. The summed E-state index contributed by atoms with van der Waals surface area (Å²) in [6.45, 7) is 0. The van der Waals surface area contributed by atoms with Crippen LogP contribution < -0.4 is 5.73 Å². The molecule has 0 saturated heterocycles. The van der Waals surface area contributed by atoms with Gasteiger partial charge in [-0.05, 0) is 6.07 Å². The molecule has 52 valence electrons. The molecule has 0 bridgehead atoms. The Morgan fingerprint density at radius 1 is 1.70 bits per heavy atom. The number of nitrogens with two attached hydrogens (primary N) is 1. The van der Waals surface area contributed by atoms with E-state index >= 15 is 0 Å². The summed E-state index contributed by atoms with van der Waals surface area (Å²) in [6, 6.07) is 1.49. The number of ketones is 1. The number of Topliss-reactive ketones (excluding diaryl/α,β-unsaturated/α-hetero) is 1. The van der Waals surface area contributed by atoms with Crippen molar-refractivity contribution < 1.29 is 9.59 Å². The van der Waals surface area contributed by atoms with Gasteiger partial charge in [-0.25, -0.2) is 0 Å².